The molecule has 14 N–H and O–H groups in total. The van der Waals surface area contributed by atoms with Gasteiger partial charge in [0.05, 0.1) is 0 Å². The third-order valence-electron chi connectivity index (χ3n) is 5.61. The summed E-state index contributed by atoms with van der Waals surface area (Å²) >= 11 is 0. The van der Waals surface area contributed by atoms with Crippen LogP contribution in [0.4, 0.5) is 0 Å². The Kier molecular flexibility index (Phi) is 26.7. The Morgan fingerprint density at radius 3 is 0.912 bits per heavy atom. The number of hydrogen-bond donors (Lipinski definition) is 9. The van der Waals surface area contributed by atoms with Crippen molar-refractivity contribution in [1.29, 1.82) is 0 Å². The van der Waals surface area contributed by atoms with Gasteiger partial charge >= 0.3 is 0 Å². The first-order chi connectivity index (χ1) is 16.7. The minimum atomic E-state index is 0.669. The van der Waals surface area contributed by atoms with Gasteiger partial charge in [0.15, 0.2) is 0 Å². The van der Waals surface area contributed by atoms with Gasteiger partial charge in [0.1, 0.15) is 0 Å². The molecule has 0 aliphatic carbocycles. The lowest BCUT2D eigenvalue weighted by atomic mass is 10.3. The highest BCUT2D eigenvalue weighted by molar-refractivity contribution is 4.68. The molecule has 0 aromatic carbocycles. The highest BCUT2D eigenvalue weighted by atomic mass is 15.2. The van der Waals surface area contributed by atoms with Gasteiger partial charge in [0, 0.05) is 144 Å². The quantitative estimate of drug-likeness (QED) is 0.0476. The molecule has 0 spiro atoms. The average molecular weight is 491 g/mol. The van der Waals surface area contributed by atoms with E-state index in [0.29, 0.717) is 32.7 Å². The van der Waals surface area contributed by atoms with Crippen LogP contribution < -0.4 is 49.9 Å². The van der Waals surface area contributed by atoms with Crippen LogP contribution in [-0.2, 0) is 0 Å². The number of nitrogens with zero attached hydrogens (tertiary/aromatic N) is 3. The topological polar surface area (TPSA) is 188 Å². The molecule has 12 heteroatoms. The Bertz CT molecular complexity index is 379. The van der Waals surface area contributed by atoms with Crippen LogP contribution in [0.2, 0.25) is 0 Å². The maximum atomic E-state index is 5.76. The number of rotatable bonds is 28. The lowest BCUT2D eigenvalue weighted by Gasteiger charge is -2.27. The first-order valence-electron chi connectivity index (χ1n) is 13.2. The number of hydrogen-bond acceptors (Lipinski definition) is 12. The van der Waals surface area contributed by atoms with Gasteiger partial charge in [-0.15, -0.1) is 0 Å². The molecule has 0 amide bonds. The van der Waals surface area contributed by atoms with E-state index in [1.807, 2.05) is 0 Å². The first-order valence-corrected chi connectivity index (χ1v) is 13.2. The molecular weight excluding hydrogens is 432 g/mol. The summed E-state index contributed by atoms with van der Waals surface area (Å²) in [6, 6.07) is 0. The molecule has 0 aromatic heterocycles. The van der Waals surface area contributed by atoms with Crippen LogP contribution >= 0.6 is 0 Å². The van der Waals surface area contributed by atoms with E-state index in [-0.39, 0.29) is 0 Å². The summed E-state index contributed by atoms with van der Waals surface area (Å²) in [6.45, 7) is 19.6. The first kappa shape index (κ1) is 33.5. The van der Waals surface area contributed by atoms with Gasteiger partial charge in [-0.2, -0.15) is 0 Å². The second-order valence-electron chi connectivity index (χ2n) is 8.47. The summed E-state index contributed by atoms with van der Waals surface area (Å²) < 4.78 is 0. The van der Waals surface area contributed by atoms with E-state index in [9.17, 15) is 0 Å². The molecule has 0 bridgehead atoms. The SMILES string of the molecule is NCCNCCNCCN(CCNCCNCCN(CCN)CCN)CCN(CCN)CCN. The fraction of sp³-hybridized carbons (Fsp3) is 1.00. The van der Waals surface area contributed by atoms with Gasteiger partial charge in [-0.25, -0.2) is 0 Å². The van der Waals surface area contributed by atoms with Crippen molar-refractivity contribution in [2.24, 2.45) is 28.7 Å². The van der Waals surface area contributed by atoms with E-state index >= 15 is 0 Å². The Labute approximate surface area is 209 Å². The summed E-state index contributed by atoms with van der Waals surface area (Å²) in [5.41, 5.74) is 28.3. The summed E-state index contributed by atoms with van der Waals surface area (Å²) in [5, 5.41) is 13.9. The molecule has 0 saturated carbocycles. The van der Waals surface area contributed by atoms with Crippen molar-refractivity contribution in [2.75, 3.05) is 144 Å². The van der Waals surface area contributed by atoms with Crippen molar-refractivity contribution in [3.05, 3.63) is 0 Å². The molecule has 0 rings (SSSR count). The molecule has 0 heterocycles. The summed E-state index contributed by atoms with van der Waals surface area (Å²) in [7, 11) is 0. The van der Waals surface area contributed by atoms with E-state index < -0.39 is 0 Å². The van der Waals surface area contributed by atoms with E-state index in [2.05, 4.69) is 36.0 Å². The lowest BCUT2D eigenvalue weighted by Crippen LogP contribution is -2.44. The Balaban J connectivity index is 4.11. The Morgan fingerprint density at radius 2 is 0.588 bits per heavy atom. The van der Waals surface area contributed by atoms with E-state index in [1.54, 1.807) is 0 Å². The zero-order valence-electron chi connectivity index (χ0n) is 21.8. The molecule has 0 saturated heterocycles. The van der Waals surface area contributed by atoms with Gasteiger partial charge in [0.2, 0.25) is 0 Å². The molecule has 0 radical (unpaired) electrons. The van der Waals surface area contributed by atoms with Crippen LogP contribution in [0.1, 0.15) is 0 Å². The minimum absolute atomic E-state index is 0.669. The third-order valence-corrected chi connectivity index (χ3v) is 5.61. The summed E-state index contributed by atoms with van der Waals surface area (Å²) in [5.74, 6) is 0. The van der Waals surface area contributed by atoms with Crippen LogP contribution in [0.15, 0.2) is 0 Å². The highest BCUT2D eigenvalue weighted by Gasteiger charge is 2.08. The predicted molar refractivity (Wildman–Crippen MR) is 146 cm³/mol. The van der Waals surface area contributed by atoms with Crippen molar-refractivity contribution in [3.63, 3.8) is 0 Å². The summed E-state index contributed by atoms with van der Waals surface area (Å²) in [6.07, 6.45) is 0. The molecule has 0 aliphatic heterocycles. The number of nitrogens with one attached hydrogen (secondary N) is 4. The van der Waals surface area contributed by atoms with Gasteiger partial charge in [0.25, 0.3) is 0 Å². The second-order valence-corrected chi connectivity index (χ2v) is 8.47. The highest BCUT2D eigenvalue weighted by Crippen LogP contribution is 1.92. The predicted octanol–water partition coefficient (Wildman–Crippen LogP) is -4.96. The molecule has 206 valence electrons. The van der Waals surface area contributed by atoms with Crippen LogP contribution in [0.25, 0.3) is 0 Å². The van der Waals surface area contributed by atoms with E-state index in [1.165, 1.54) is 0 Å². The van der Waals surface area contributed by atoms with Crippen molar-refractivity contribution in [1.82, 2.24) is 36.0 Å². The maximum Gasteiger partial charge on any atom is 0.0110 e. The minimum Gasteiger partial charge on any atom is -0.329 e. The van der Waals surface area contributed by atoms with E-state index in [4.69, 9.17) is 28.7 Å². The second kappa shape index (κ2) is 27.1. The van der Waals surface area contributed by atoms with Gasteiger partial charge in [-0.3, -0.25) is 14.7 Å². The van der Waals surface area contributed by atoms with Crippen molar-refractivity contribution >= 4 is 0 Å². The van der Waals surface area contributed by atoms with Gasteiger partial charge in [-0.1, -0.05) is 0 Å². The Morgan fingerprint density at radius 1 is 0.294 bits per heavy atom. The Hall–Kier alpha value is -0.480. The number of nitrogens with two attached hydrogens (primary N) is 5. The largest absolute Gasteiger partial charge is 0.329 e. The van der Waals surface area contributed by atoms with Crippen molar-refractivity contribution in [2.45, 2.75) is 0 Å². The molecule has 34 heavy (non-hydrogen) atoms. The molecule has 0 unspecified atom stereocenters. The van der Waals surface area contributed by atoms with Crippen LogP contribution in [0, 0.1) is 0 Å². The zero-order valence-corrected chi connectivity index (χ0v) is 21.8. The molecule has 0 aliphatic rings. The van der Waals surface area contributed by atoms with Crippen molar-refractivity contribution in [3.8, 4) is 0 Å². The van der Waals surface area contributed by atoms with Crippen LogP contribution in [0.3, 0.4) is 0 Å². The van der Waals surface area contributed by atoms with Crippen LogP contribution in [0.5, 0.6) is 0 Å². The molecule has 0 atom stereocenters. The summed E-state index contributed by atoms with van der Waals surface area (Å²) in [4.78, 5) is 7.17. The fourth-order valence-electron chi connectivity index (χ4n) is 3.69. The lowest BCUT2D eigenvalue weighted by molar-refractivity contribution is 0.209. The molecule has 12 nitrogen and oxygen atoms in total. The van der Waals surface area contributed by atoms with E-state index in [0.717, 1.165) is 111 Å². The third kappa shape index (κ3) is 22.0. The monoisotopic (exact) mass is 490 g/mol. The maximum absolute atomic E-state index is 5.76. The molecule has 0 fully saturated rings. The van der Waals surface area contributed by atoms with Gasteiger partial charge < -0.3 is 49.9 Å². The van der Waals surface area contributed by atoms with Gasteiger partial charge in [-0.05, 0) is 0 Å². The average Bonchev–Trinajstić information content (AvgIpc) is 2.83. The smallest absolute Gasteiger partial charge is 0.0110 e. The van der Waals surface area contributed by atoms with Crippen LogP contribution in [-0.4, -0.2) is 159 Å². The zero-order chi connectivity index (χ0) is 25.1. The molecule has 0 aromatic rings. The normalized spacial score (nSPS) is 12.0. The fourth-order valence-corrected chi connectivity index (χ4v) is 3.69. The standard InChI is InChI=1S/C22H58N12/c23-1-6-28-7-8-29-12-19-34(22-21-33(16-4-26)17-5-27)20-13-31-10-9-30-11-18-32(14-2-24)15-3-25/h28-31H,1-27H2. The van der Waals surface area contributed by atoms with Crippen molar-refractivity contribution < 1.29 is 0 Å². The molecular formula is C22H58N12.